The molecular formula is C18H28N2. The van der Waals surface area contributed by atoms with Crippen LogP contribution in [-0.4, -0.2) is 5.84 Å². The summed E-state index contributed by atoms with van der Waals surface area (Å²) in [4.78, 5) is 0. The summed E-state index contributed by atoms with van der Waals surface area (Å²) in [5, 5.41) is 7.43. The summed E-state index contributed by atoms with van der Waals surface area (Å²) in [5.74, 6) is 1.85. The molecule has 0 amide bonds. The first-order valence-corrected chi connectivity index (χ1v) is 8.15. The fourth-order valence-corrected chi connectivity index (χ4v) is 3.40. The molecule has 2 rings (SSSR count). The summed E-state index contributed by atoms with van der Waals surface area (Å²) in [7, 11) is 0. The molecule has 0 aromatic heterocycles. The summed E-state index contributed by atoms with van der Waals surface area (Å²) in [6, 6.07) is 8.31. The molecule has 0 heterocycles. The van der Waals surface area contributed by atoms with Crippen LogP contribution >= 0.6 is 0 Å². The van der Waals surface area contributed by atoms with Gasteiger partial charge >= 0.3 is 0 Å². The molecule has 1 aliphatic rings. The Morgan fingerprint density at radius 3 is 2.30 bits per heavy atom. The molecule has 1 aliphatic carbocycles. The van der Waals surface area contributed by atoms with Gasteiger partial charge in [0, 0.05) is 5.56 Å². The van der Waals surface area contributed by atoms with Gasteiger partial charge in [-0.15, -0.1) is 0 Å². The predicted octanol–water partition coefficient (Wildman–Crippen LogP) is 4.82. The molecule has 1 aromatic rings. The molecule has 1 aromatic carbocycles. The second-order valence-electron chi connectivity index (χ2n) is 6.25. The van der Waals surface area contributed by atoms with E-state index in [4.69, 9.17) is 11.1 Å². The third kappa shape index (κ3) is 4.09. The SMILES string of the molecule is CCCCCC1CCC(c2ccc(C(=N)N)cc2)CC1. The van der Waals surface area contributed by atoms with E-state index in [2.05, 4.69) is 19.1 Å². The average molecular weight is 272 g/mol. The predicted molar refractivity (Wildman–Crippen MR) is 86.3 cm³/mol. The van der Waals surface area contributed by atoms with E-state index in [0.717, 1.165) is 17.4 Å². The Balaban J connectivity index is 1.82. The van der Waals surface area contributed by atoms with Gasteiger partial charge in [-0.3, -0.25) is 5.41 Å². The maximum absolute atomic E-state index is 7.43. The molecule has 1 fully saturated rings. The Bertz CT molecular complexity index is 414. The number of benzene rings is 1. The third-order valence-corrected chi connectivity index (χ3v) is 4.76. The monoisotopic (exact) mass is 272 g/mol. The lowest BCUT2D eigenvalue weighted by molar-refractivity contribution is 0.303. The topological polar surface area (TPSA) is 49.9 Å². The van der Waals surface area contributed by atoms with Crippen molar-refractivity contribution in [3.05, 3.63) is 35.4 Å². The van der Waals surface area contributed by atoms with Crippen LogP contribution in [0.25, 0.3) is 0 Å². The molecule has 0 atom stereocenters. The fourth-order valence-electron chi connectivity index (χ4n) is 3.40. The third-order valence-electron chi connectivity index (χ3n) is 4.76. The van der Waals surface area contributed by atoms with Crippen LogP contribution in [0.4, 0.5) is 0 Å². The number of nitrogen functional groups attached to an aromatic ring is 1. The second-order valence-corrected chi connectivity index (χ2v) is 6.25. The number of nitrogens with one attached hydrogen (secondary N) is 1. The summed E-state index contributed by atoms with van der Waals surface area (Å²) >= 11 is 0. The van der Waals surface area contributed by atoms with Crippen molar-refractivity contribution in [3.63, 3.8) is 0 Å². The zero-order chi connectivity index (χ0) is 14.4. The largest absolute Gasteiger partial charge is 0.384 e. The Kier molecular flexibility index (Phi) is 5.63. The van der Waals surface area contributed by atoms with E-state index in [-0.39, 0.29) is 5.84 Å². The maximum atomic E-state index is 7.43. The van der Waals surface area contributed by atoms with Crippen molar-refractivity contribution >= 4 is 5.84 Å². The Hall–Kier alpha value is -1.31. The zero-order valence-electron chi connectivity index (χ0n) is 12.7. The number of rotatable bonds is 6. The standard InChI is InChI=1S/C18H28N2/c1-2-3-4-5-14-6-8-15(9-7-14)16-10-12-17(13-11-16)18(19)20/h10-15H,2-9H2,1H3,(H3,19,20). The van der Waals surface area contributed by atoms with Crippen LogP contribution in [0.3, 0.4) is 0 Å². The van der Waals surface area contributed by atoms with Gasteiger partial charge in [0.05, 0.1) is 0 Å². The lowest BCUT2D eigenvalue weighted by atomic mass is 9.77. The molecule has 110 valence electrons. The fraction of sp³-hybridized carbons (Fsp3) is 0.611. The van der Waals surface area contributed by atoms with E-state index in [0.29, 0.717) is 0 Å². The minimum absolute atomic E-state index is 0.163. The van der Waals surface area contributed by atoms with E-state index in [1.54, 1.807) is 0 Å². The smallest absolute Gasteiger partial charge is 0.122 e. The van der Waals surface area contributed by atoms with Crippen molar-refractivity contribution in [2.75, 3.05) is 0 Å². The van der Waals surface area contributed by atoms with Gasteiger partial charge in [-0.05, 0) is 43.1 Å². The number of unbranched alkanes of at least 4 members (excludes halogenated alkanes) is 2. The van der Waals surface area contributed by atoms with Gasteiger partial charge in [0.1, 0.15) is 5.84 Å². The van der Waals surface area contributed by atoms with Gasteiger partial charge in [-0.2, -0.15) is 0 Å². The van der Waals surface area contributed by atoms with Gasteiger partial charge in [0.15, 0.2) is 0 Å². The van der Waals surface area contributed by atoms with Crippen molar-refractivity contribution < 1.29 is 0 Å². The van der Waals surface area contributed by atoms with Gasteiger partial charge in [-0.25, -0.2) is 0 Å². The van der Waals surface area contributed by atoms with Crippen LogP contribution in [0.2, 0.25) is 0 Å². The number of hydrogen-bond donors (Lipinski definition) is 2. The van der Waals surface area contributed by atoms with E-state index in [1.807, 2.05) is 12.1 Å². The van der Waals surface area contributed by atoms with Crippen LogP contribution in [0.15, 0.2) is 24.3 Å². The molecule has 20 heavy (non-hydrogen) atoms. The summed E-state index contributed by atoms with van der Waals surface area (Å²) in [6.45, 7) is 2.28. The van der Waals surface area contributed by atoms with E-state index < -0.39 is 0 Å². The molecule has 0 saturated heterocycles. The molecule has 1 saturated carbocycles. The normalized spacial score (nSPS) is 22.6. The highest BCUT2D eigenvalue weighted by molar-refractivity contribution is 5.94. The van der Waals surface area contributed by atoms with Crippen molar-refractivity contribution in [2.24, 2.45) is 11.7 Å². The van der Waals surface area contributed by atoms with Crippen molar-refractivity contribution in [1.29, 1.82) is 5.41 Å². The maximum Gasteiger partial charge on any atom is 0.122 e. The first-order chi connectivity index (χ1) is 9.70. The lowest BCUT2D eigenvalue weighted by Crippen LogP contribution is -2.14. The van der Waals surface area contributed by atoms with Gasteiger partial charge in [-0.1, -0.05) is 56.9 Å². The molecule has 0 spiro atoms. The van der Waals surface area contributed by atoms with Gasteiger partial charge in [0.25, 0.3) is 0 Å². The van der Waals surface area contributed by atoms with E-state index in [1.165, 1.54) is 56.9 Å². The summed E-state index contributed by atoms with van der Waals surface area (Å²) in [6.07, 6.45) is 11.0. The first kappa shape index (κ1) is 15.1. The number of amidine groups is 1. The first-order valence-electron chi connectivity index (χ1n) is 8.15. The Morgan fingerprint density at radius 1 is 1.10 bits per heavy atom. The highest BCUT2D eigenvalue weighted by atomic mass is 14.7. The highest BCUT2D eigenvalue weighted by Crippen LogP contribution is 2.37. The van der Waals surface area contributed by atoms with Crippen molar-refractivity contribution in [1.82, 2.24) is 0 Å². The zero-order valence-corrected chi connectivity index (χ0v) is 12.7. The van der Waals surface area contributed by atoms with Crippen LogP contribution < -0.4 is 5.73 Å². The average Bonchev–Trinajstić information content (AvgIpc) is 2.48. The molecule has 0 aliphatic heterocycles. The second kappa shape index (κ2) is 7.47. The van der Waals surface area contributed by atoms with Gasteiger partial charge in [0.2, 0.25) is 0 Å². The highest BCUT2D eigenvalue weighted by Gasteiger charge is 2.21. The van der Waals surface area contributed by atoms with Crippen LogP contribution in [0, 0.1) is 11.3 Å². The Labute approximate surface area is 123 Å². The van der Waals surface area contributed by atoms with Crippen molar-refractivity contribution in [2.45, 2.75) is 64.2 Å². The lowest BCUT2D eigenvalue weighted by Gasteiger charge is -2.29. The van der Waals surface area contributed by atoms with E-state index in [9.17, 15) is 0 Å². The van der Waals surface area contributed by atoms with E-state index >= 15 is 0 Å². The number of hydrogen-bond acceptors (Lipinski definition) is 1. The molecule has 2 heteroatoms. The minimum atomic E-state index is 0.163. The molecule has 3 N–H and O–H groups in total. The summed E-state index contributed by atoms with van der Waals surface area (Å²) < 4.78 is 0. The van der Waals surface area contributed by atoms with Crippen LogP contribution in [0.1, 0.15) is 75.3 Å². The molecule has 0 unspecified atom stereocenters. The van der Waals surface area contributed by atoms with Crippen molar-refractivity contribution in [3.8, 4) is 0 Å². The molecule has 0 bridgehead atoms. The van der Waals surface area contributed by atoms with Gasteiger partial charge < -0.3 is 5.73 Å². The van der Waals surface area contributed by atoms with Crippen LogP contribution in [0.5, 0.6) is 0 Å². The molecule has 2 nitrogen and oxygen atoms in total. The quantitative estimate of drug-likeness (QED) is 0.435. The Morgan fingerprint density at radius 2 is 1.75 bits per heavy atom. The summed E-state index contributed by atoms with van der Waals surface area (Å²) in [5.41, 5.74) is 7.77. The molecular weight excluding hydrogens is 244 g/mol. The minimum Gasteiger partial charge on any atom is -0.384 e. The number of nitrogens with two attached hydrogens (primary N) is 1. The van der Waals surface area contributed by atoms with Crippen LogP contribution in [-0.2, 0) is 0 Å². The molecule has 0 radical (unpaired) electrons.